The van der Waals surface area contributed by atoms with Gasteiger partial charge in [-0.25, -0.2) is 4.31 Å². The molecule has 0 amide bonds. The first-order chi connectivity index (χ1) is 12.7. The molecule has 3 rings (SSSR count). The minimum atomic E-state index is 0.390. The van der Waals surface area contributed by atoms with Gasteiger partial charge < -0.3 is 4.74 Å². The van der Waals surface area contributed by atoms with Gasteiger partial charge in [-0.15, -0.1) is 0 Å². The predicted octanol–water partition coefficient (Wildman–Crippen LogP) is 5.35. The van der Waals surface area contributed by atoms with Gasteiger partial charge in [0.15, 0.2) is 0 Å². The van der Waals surface area contributed by atoms with Gasteiger partial charge in [-0.2, -0.15) is 0 Å². The maximum atomic E-state index is 5.46. The molecule has 2 aliphatic rings. The molecule has 0 aliphatic carbocycles. The van der Waals surface area contributed by atoms with Crippen LogP contribution in [0.15, 0.2) is 29.2 Å². The van der Waals surface area contributed by atoms with Gasteiger partial charge in [0.05, 0.1) is 13.2 Å². The van der Waals surface area contributed by atoms with Crippen LogP contribution in [0.3, 0.4) is 0 Å². The summed E-state index contributed by atoms with van der Waals surface area (Å²) in [5, 5.41) is 0. The van der Waals surface area contributed by atoms with Crippen molar-refractivity contribution in [2.75, 3.05) is 32.8 Å². The highest BCUT2D eigenvalue weighted by molar-refractivity contribution is 7.97. The van der Waals surface area contributed by atoms with E-state index in [0.717, 1.165) is 32.8 Å². The Labute approximate surface area is 164 Å². The summed E-state index contributed by atoms with van der Waals surface area (Å²) in [6, 6.07) is 9.20. The molecule has 146 valence electrons. The van der Waals surface area contributed by atoms with Crippen LogP contribution in [0, 0.1) is 0 Å². The molecule has 1 aromatic rings. The van der Waals surface area contributed by atoms with E-state index in [1.54, 1.807) is 0 Å². The number of likely N-dealkylation sites (tertiary alicyclic amines) is 1. The largest absolute Gasteiger partial charge is 0.379 e. The molecule has 1 aromatic carbocycles. The van der Waals surface area contributed by atoms with Crippen molar-refractivity contribution in [3.05, 3.63) is 29.8 Å². The van der Waals surface area contributed by atoms with Gasteiger partial charge in [-0.05, 0) is 62.4 Å². The number of hydrogen-bond donors (Lipinski definition) is 0. The SMILES string of the molecule is CCCCCC1(C)CCCCN1Cc1cccc(SN2CCOCC2)c1. The molecule has 0 spiro atoms. The van der Waals surface area contributed by atoms with Crippen molar-refractivity contribution in [3.8, 4) is 0 Å². The van der Waals surface area contributed by atoms with Crippen LogP contribution in [0.1, 0.15) is 64.4 Å². The van der Waals surface area contributed by atoms with Crippen molar-refractivity contribution in [1.29, 1.82) is 0 Å². The minimum absolute atomic E-state index is 0.390. The van der Waals surface area contributed by atoms with Gasteiger partial charge in [-0.1, -0.05) is 44.7 Å². The molecule has 0 N–H and O–H groups in total. The summed E-state index contributed by atoms with van der Waals surface area (Å²) in [5.74, 6) is 0. The van der Waals surface area contributed by atoms with E-state index in [4.69, 9.17) is 4.74 Å². The Hall–Kier alpha value is -0.550. The third-order valence-corrected chi connectivity index (χ3v) is 7.04. The molecule has 0 radical (unpaired) electrons. The molecule has 2 aliphatic heterocycles. The summed E-state index contributed by atoms with van der Waals surface area (Å²) < 4.78 is 7.89. The average molecular weight is 377 g/mol. The van der Waals surface area contributed by atoms with E-state index < -0.39 is 0 Å². The van der Waals surface area contributed by atoms with E-state index in [9.17, 15) is 0 Å². The summed E-state index contributed by atoms with van der Waals surface area (Å²) in [6.07, 6.45) is 9.52. The molecule has 0 bridgehead atoms. The van der Waals surface area contributed by atoms with Gasteiger partial charge in [-0.3, -0.25) is 4.90 Å². The monoisotopic (exact) mass is 376 g/mol. The lowest BCUT2D eigenvalue weighted by atomic mass is 9.83. The van der Waals surface area contributed by atoms with Crippen LogP contribution in [-0.2, 0) is 11.3 Å². The van der Waals surface area contributed by atoms with Gasteiger partial charge in [0.2, 0.25) is 0 Å². The molecule has 3 nitrogen and oxygen atoms in total. The Kier molecular flexibility index (Phi) is 7.86. The zero-order valence-electron chi connectivity index (χ0n) is 16.7. The number of piperidine rings is 1. The van der Waals surface area contributed by atoms with Crippen LogP contribution >= 0.6 is 11.9 Å². The Bertz CT molecular complexity index is 547. The smallest absolute Gasteiger partial charge is 0.0603 e. The Morgan fingerprint density at radius 3 is 2.77 bits per heavy atom. The molecule has 2 saturated heterocycles. The third-order valence-electron chi connectivity index (χ3n) is 5.95. The van der Waals surface area contributed by atoms with E-state index in [0.29, 0.717) is 5.54 Å². The van der Waals surface area contributed by atoms with Crippen LogP contribution < -0.4 is 0 Å². The summed E-state index contributed by atoms with van der Waals surface area (Å²) in [7, 11) is 0. The molecule has 1 unspecified atom stereocenters. The van der Waals surface area contributed by atoms with Crippen LogP contribution in [-0.4, -0.2) is 47.6 Å². The van der Waals surface area contributed by atoms with Crippen molar-refractivity contribution in [3.63, 3.8) is 0 Å². The minimum Gasteiger partial charge on any atom is -0.379 e. The first-order valence-corrected chi connectivity index (χ1v) is 11.3. The molecule has 1 atom stereocenters. The number of rotatable bonds is 8. The Morgan fingerprint density at radius 1 is 1.12 bits per heavy atom. The van der Waals surface area contributed by atoms with E-state index in [1.165, 1.54) is 61.9 Å². The van der Waals surface area contributed by atoms with Crippen molar-refractivity contribution >= 4 is 11.9 Å². The van der Waals surface area contributed by atoms with Crippen molar-refractivity contribution in [2.45, 2.75) is 75.8 Å². The molecular weight excluding hydrogens is 340 g/mol. The Morgan fingerprint density at radius 2 is 1.96 bits per heavy atom. The highest BCUT2D eigenvalue weighted by atomic mass is 32.2. The van der Waals surface area contributed by atoms with Gasteiger partial charge in [0.25, 0.3) is 0 Å². The van der Waals surface area contributed by atoms with Crippen LogP contribution in [0.25, 0.3) is 0 Å². The fraction of sp³-hybridized carbons (Fsp3) is 0.727. The van der Waals surface area contributed by atoms with Crippen LogP contribution in [0.4, 0.5) is 0 Å². The number of hydrogen-bond acceptors (Lipinski definition) is 4. The predicted molar refractivity (Wildman–Crippen MR) is 111 cm³/mol. The number of ether oxygens (including phenoxy) is 1. The second-order valence-electron chi connectivity index (χ2n) is 8.11. The lowest BCUT2D eigenvalue weighted by molar-refractivity contribution is 0.0442. The van der Waals surface area contributed by atoms with E-state index in [1.807, 2.05) is 11.9 Å². The van der Waals surface area contributed by atoms with Gasteiger partial charge in [0.1, 0.15) is 0 Å². The fourth-order valence-corrected chi connectivity index (χ4v) is 5.23. The first kappa shape index (κ1) is 20.2. The second-order valence-corrected chi connectivity index (χ2v) is 9.28. The second kappa shape index (κ2) is 10.1. The molecular formula is C22H36N2OS. The Balaban J connectivity index is 1.61. The van der Waals surface area contributed by atoms with Crippen LogP contribution in [0.5, 0.6) is 0 Å². The maximum absolute atomic E-state index is 5.46. The quantitative estimate of drug-likeness (QED) is 0.449. The molecule has 0 saturated carbocycles. The van der Waals surface area contributed by atoms with Crippen molar-refractivity contribution in [1.82, 2.24) is 9.21 Å². The number of nitrogens with zero attached hydrogens (tertiary/aromatic N) is 2. The summed E-state index contributed by atoms with van der Waals surface area (Å²) in [4.78, 5) is 4.14. The van der Waals surface area contributed by atoms with E-state index in [-0.39, 0.29) is 0 Å². The molecule has 0 aromatic heterocycles. The molecule has 2 fully saturated rings. The first-order valence-electron chi connectivity index (χ1n) is 10.5. The molecule has 2 heterocycles. The number of morpholine rings is 1. The highest BCUT2D eigenvalue weighted by Crippen LogP contribution is 2.34. The van der Waals surface area contributed by atoms with Gasteiger partial charge >= 0.3 is 0 Å². The molecule has 4 heteroatoms. The lowest BCUT2D eigenvalue weighted by Gasteiger charge is -2.45. The third kappa shape index (κ3) is 5.72. The summed E-state index contributed by atoms with van der Waals surface area (Å²) >= 11 is 1.89. The average Bonchev–Trinajstić information content (AvgIpc) is 2.65. The van der Waals surface area contributed by atoms with Crippen molar-refractivity contribution in [2.24, 2.45) is 0 Å². The highest BCUT2D eigenvalue weighted by Gasteiger charge is 2.33. The fourth-order valence-electron chi connectivity index (χ4n) is 4.25. The van der Waals surface area contributed by atoms with E-state index >= 15 is 0 Å². The van der Waals surface area contributed by atoms with E-state index in [2.05, 4.69) is 47.3 Å². The zero-order chi connectivity index (χ0) is 18.2. The lowest BCUT2D eigenvalue weighted by Crippen LogP contribution is -2.49. The maximum Gasteiger partial charge on any atom is 0.0603 e. The summed E-state index contributed by atoms with van der Waals surface area (Å²) in [6.45, 7) is 10.9. The topological polar surface area (TPSA) is 15.7 Å². The summed E-state index contributed by atoms with van der Waals surface area (Å²) in [5.41, 5.74) is 1.85. The standard InChI is InChI=1S/C22H36N2OS/c1-3-4-5-11-22(2)12-6-7-13-23(22)19-20-9-8-10-21(18-20)26-24-14-16-25-17-15-24/h8-10,18H,3-7,11-17,19H2,1-2H3. The number of unbranched alkanes of at least 4 members (excludes halogenated alkanes) is 2. The normalized spacial score (nSPS) is 25.5. The van der Waals surface area contributed by atoms with Gasteiger partial charge in [0, 0.05) is 30.1 Å². The molecule has 26 heavy (non-hydrogen) atoms. The number of benzene rings is 1. The van der Waals surface area contributed by atoms with Crippen LogP contribution in [0.2, 0.25) is 0 Å². The van der Waals surface area contributed by atoms with Crippen molar-refractivity contribution < 1.29 is 4.74 Å². The zero-order valence-corrected chi connectivity index (χ0v) is 17.5.